The van der Waals surface area contributed by atoms with Gasteiger partial charge in [-0.1, -0.05) is 30.3 Å². The van der Waals surface area contributed by atoms with Gasteiger partial charge in [0, 0.05) is 45.4 Å². The summed E-state index contributed by atoms with van der Waals surface area (Å²) < 4.78 is 42.7. The maximum atomic E-state index is 10.0. The van der Waals surface area contributed by atoms with Crippen LogP contribution in [0.1, 0.15) is 27.7 Å². The van der Waals surface area contributed by atoms with Crippen molar-refractivity contribution < 1.29 is 14.5 Å². The van der Waals surface area contributed by atoms with Gasteiger partial charge < -0.3 is 4.42 Å². The number of benzene rings is 3. The number of nitriles is 1. The molecule has 32 heavy (non-hydrogen) atoms. The van der Waals surface area contributed by atoms with E-state index in [2.05, 4.69) is 12.1 Å². The SMILES string of the molecule is [2H]C1([2H])SC([2H])([2H])c2c(-c3c(C#N)ccc4c3oc3c(-c5cccc[n+]5C)c(C)ccc34)cccc21. The Morgan fingerprint density at radius 1 is 0.969 bits per heavy atom. The van der Waals surface area contributed by atoms with Crippen molar-refractivity contribution in [1.82, 2.24) is 0 Å². The zero-order valence-electron chi connectivity index (χ0n) is 21.6. The van der Waals surface area contributed by atoms with Gasteiger partial charge in [-0.25, -0.2) is 4.57 Å². The second-order valence-electron chi connectivity index (χ2n) is 7.94. The highest BCUT2D eigenvalue weighted by Gasteiger charge is 2.25. The molecule has 0 N–H and O–H groups in total. The number of aryl methyl sites for hydroxylation is 2. The minimum absolute atomic E-state index is 0.260. The van der Waals surface area contributed by atoms with Crippen LogP contribution < -0.4 is 4.57 Å². The highest BCUT2D eigenvalue weighted by atomic mass is 32.2. The second kappa shape index (κ2) is 7.25. The van der Waals surface area contributed by atoms with Crippen LogP contribution in [0.2, 0.25) is 0 Å². The molecule has 0 bridgehead atoms. The molecule has 4 heteroatoms. The van der Waals surface area contributed by atoms with E-state index >= 15 is 0 Å². The van der Waals surface area contributed by atoms with Gasteiger partial charge >= 0.3 is 0 Å². The zero-order chi connectivity index (χ0) is 25.4. The first-order valence-electron chi connectivity index (χ1n) is 12.3. The van der Waals surface area contributed by atoms with Gasteiger partial charge in [0.05, 0.1) is 17.2 Å². The standard InChI is InChI=1S/C28H21N2OS/c1-17-9-11-21-22-12-10-18(14-29)26(20-7-5-6-19-15-32-16-23(19)20)28(22)31-27(21)25(17)24-8-3-4-13-30(24)2/h3-13H,15-16H2,1-2H3/q+1/i15D2,16D2. The van der Waals surface area contributed by atoms with Crippen LogP contribution in [0.3, 0.4) is 0 Å². The van der Waals surface area contributed by atoms with Gasteiger partial charge in [-0.05, 0) is 47.4 Å². The largest absolute Gasteiger partial charge is 0.454 e. The highest BCUT2D eigenvalue weighted by Crippen LogP contribution is 2.44. The number of pyridine rings is 1. The number of rotatable bonds is 2. The molecule has 1 aliphatic heterocycles. The van der Waals surface area contributed by atoms with Gasteiger partial charge in [0.2, 0.25) is 5.69 Å². The van der Waals surface area contributed by atoms with Crippen LogP contribution in [0.5, 0.6) is 0 Å². The van der Waals surface area contributed by atoms with Crippen LogP contribution >= 0.6 is 11.8 Å². The van der Waals surface area contributed by atoms with Gasteiger partial charge in [-0.3, -0.25) is 0 Å². The van der Waals surface area contributed by atoms with E-state index in [9.17, 15) is 5.26 Å². The van der Waals surface area contributed by atoms with Crippen molar-refractivity contribution in [3.8, 4) is 28.5 Å². The molecule has 0 saturated carbocycles. The Bertz CT molecular complexity index is 1770. The highest BCUT2D eigenvalue weighted by molar-refractivity contribution is 7.98. The van der Waals surface area contributed by atoms with Gasteiger partial charge in [0.15, 0.2) is 6.20 Å². The average molecular weight is 438 g/mol. The smallest absolute Gasteiger partial charge is 0.216 e. The van der Waals surface area contributed by atoms with Crippen LogP contribution in [0.15, 0.2) is 71.3 Å². The number of fused-ring (bicyclic) bond motifs is 4. The molecule has 0 radical (unpaired) electrons. The van der Waals surface area contributed by atoms with E-state index in [1.165, 1.54) is 0 Å². The minimum Gasteiger partial charge on any atom is -0.454 e. The van der Waals surface area contributed by atoms with Crippen molar-refractivity contribution in [2.45, 2.75) is 18.3 Å². The predicted octanol–water partition coefficient (Wildman–Crippen LogP) is 6.67. The number of aromatic nitrogens is 1. The predicted molar refractivity (Wildman–Crippen MR) is 130 cm³/mol. The maximum Gasteiger partial charge on any atom is 0.216 e. The number of nitrogens with zero attached hydrogens (tertiary/aromatic N) is 2. The molecule has 0 atom stereocenters. The topological polar surface area (TPSA) is 40.8 Å². The quantitative estimate of drug-likeness (QED) is 0.290. The first kappa shape index (κ1) is 15.3. The van der Waals surface area contributed by atoms with Crippen molar-refractivity contribution in [2.24, 2.45) is 7.05 Å². The Morgan fingerprint density at radius 3 is 2.59 bits per heavy atom. The summed E-state index contributed by atoms with van der Waals surface area (Å²) in [7, 11) is 1.98. The Kier molecular flexibility index (Phi) is 3.47. The van der Waals surface area contributed by atoms with Gasteiger partial charge in [-0.15, -0.1) is 0 Å². The normalized spacial score (nSPS) is 17.9. The molecule has 0 saturated heterocycles. The summed E-state index contributed by atoms with van der Waals surface area (Å²) in [6.07, 6.45) is 1.98. The number of thioether (sulfide) groups is 1. The summed E-state index contributed by atoms with van der Waals surface area (Å²) in [6.45, 7) is 2.04. The molecule has 3 heterocycles. The fourth-order valence-corrected chi connectivity index (χ4v) is 5.20. The monoisotopic (exact) mass is 437 g/mol. The van der Waals surface area contributed by atoms with Crippen LogP contribution in [-0.4, -0.2) is 0 Å². The molecular weight excluding hydrogens is 412 g/mol. The first-order chi connectivity index (χ1) is 17.1. The lowest BCUT2D eigenvalue weighted by Crippen LogP contribution is -2.30. The van der Waals surface area contributed by atoms with E-state index in [0.29, 0.717) is 45.2 Å². The second-order valence-corrected chi connectivity index (χ2v) is 8.56. The number of furan rings is 1. The van der Waals surface area contributed by atoms with E-state index < -0.39 is 11.4 Å². The fraction of sp³-hybridized carbons (Fsp3) is 0.143. The molecule has 0 fully saturated rings. The summed E-state index contributed by atoms with van der Waals surface area (Å²) >= 11 is 0.640. The Hall–Kier alpha value is -3.55. The molecular formula is C28H21N2OS+. The van der Waals surface area contributed by atoms with Crippen LogP contribution in [0, 0.1) is 18.3 Å². The van der Waals surface area contributed by atoms with E-state index in [1.54, 1.807) is 24.3 Å². The van der Waals surface area contributed by atoms with E-state index in [-0.39, 0.29) is 5.56 Å². The van der Waals surface area contributed by atoms with Crippen molar-refractivity contribution in [3.05, 3.63) is 89.1 Å². The molecule has 0 unspecified atom stereocenters. The number of hydrogen-bond acceptors (Lipinski definition) is 3. The maximum absolute atomic E-state index is 10.0. The summed E-state index contributed by atoms with van der Waals surface area (Å²) in [4.78, 5) is 0. The van der Waals surface area contributed by atoms with Crippen LogP contribution in [0.4, 0.5) is 0 Å². The van der Waals surface area contributed by atoms with Crippen molar-refractivity contribution in [3.63, 3.8) is 0 Å². The van der Waals surface area contributed by atoms with Crippen molar-refractivity contribution in [2.75, 3.05) is 0 Å². The molecule has 0 spiro atoms. The lowest BCUT2D eigenvalue weighted by molar-refractivity contribution is -0.660. The molecule has 3 aromatic carbocycles. The van der Waals surface area contributed by atoms with Gasteiger partial charge in [-0.2, -0.15) is 17.0 Å². The molecule has 1 aliphatic rings. The molecule has 5 aromatic rings. The lowest BCUT2D eigenvalue weighted by atomic mass is 9.92. The average Bonchev–Trinajstić information content (AvgIpc) is 3.30. The lowest BCUT2D eigenvalue weighted by Gasteiger charge is -2.10. The summed E-state index contributed by atoms with van der Waals surface area (Å²) in [6, 6.07) is 21.0. The van der Waals surface area contributed by atoms with Gasteiger partial charge in [0.1, 0.15) is 18.2 Å². The molecule has 6 rings (SSSR count). The zero-order valence-corrected chi connectivity index (χ0v) is 18.4. The summed E-state index contributed by atoms with van der Waals surface area (Å²) in [5.41, 5.74) is 2.22. The summed E-state index contributed by atoms with van der Waals surface area (Å²) in [5, 5.41) is 11.8. The third-order valence-electron chi connectivity index (χ3n) is 6.10. The molecule has 0 aliphatic carbocycles. The molecule has 154 valence electrons. The third-order valence-corrected chi connectivity index (χ3v) is 6.73. The van der Waals surface area contributed by atoms with E-state index in [4.69, 9.17) is 9.90 Å². The first-order valence-corrected chi connectivity index (χ1v) is 11.1. The molecule has 0 amide bonds. The number of hydrogen-bond donors (Lipinski definition) is 0. The van der Waals surface area contributed by atoms with Crippen LogP contribution in [0.25, 0.3) is 44.3 Å². The Balaban J connectivity index is 1.75. The third kappa shape index (κ3) is 2.71. The van der Waals surface area contributed by atoms with Crippen LogP contribution in [-0.2, 0) is 18.5 Å². The molecule has 2 aromatic heterocycles. The van der Waals surface area contributed by atoms with E-state index in [1.807, 2.05) is 55.1 Å². The minimum atomic E-state index is -1.96. The van der Waals surface area contributed by atoms with Gasteiger partial charge in [0.25, 0.3) is 0 Å². The Morgan fingerprint density at radius 2 is 1.78 bits per heavy atom. The fourth-order valence-electron chi connectivity index (χ4n) is 4.55. The Labute approximate surface area is 196 Å². The summed E-state index contributed by atoms with van der Waals surface area (Å²) in [5.74, 6) is 0. The van der Waals surface area contributed by atoms with E-state index in [0.717, 1.165) is 27.6 Å². The van der Waals surface area contributed by atoms with Crippen molar-refractivity contribution >= 4 is 33.7 Å². The molecule has 3 nitrogen and oxygen atoms in total. The van der Waals surface area contributed by atoms with Crippen molar-refractivity contribution in [1.29, 1.82) is 5.26 Å².